The van der Waals surface area contributed by atoms with Crippen molar-refractivity contribution in [1.29, 1.82) is 5.26 Å². The van der Waals surface area contributed by atoms with Crippen LogP contribution < -0.4 is 0 Å². The molecule has 0 atom stereocenters. The molecule has 0 spiro atoms. The molecule has 0 radical (unpaired) electrons. The summed E-state index contributed by atoms with van der Waals surface area (Å²) in [5.74, 6) is -1.35. The second-order valence-corrected chi connectivity index (χ2v) is 4.80. The Morgan fingerprint density at radius 3 is 2.61 bits per heavy atom. The quantitative estimate of drug-likeness (QED) is 0.807. The largest absolute Gasteiger partial charge is 0.493 e. The molecule has 1 aromatic carbocycles. The van der Waals surface area contributed by atoms with E-state index < -0.39 is 11.6 Å². The van der Waals surface area contributed by atoms with Gasteiger partial charge in [0, 0.05) is 30.3 Å². The van der Waals surface area contributed by atoms with Gasteiger partial charge in [-0.2, -0.15) is 15.0 Å². The minimum atomic E-state index is -0.677. The molecule has 0 aliphatic carbocycles. The second kappa shape index (κ2) is 5.85. The Kier molecular flexibility index (Phi) is 3.73. The molecule has 0 aliphatic heterocycles. The third-order valence-electron chi connectivity index (χ3n) is 3.25. The van der Waals surface area contributed by atoms with Crippen molar-refractivity contribution in [2.45, 2.75) is 6.42 Å². The summed E-state index contributed by atoms with van der Waals surface area (Å²) in [5.41, 5.74) is 0.498. The number of hydrogen-bond acceptors (Lipinski definition) is 4. The van der Waals surface area contributed by atoms with Crippen LogP contribution in [0, 0.1) is 23.0 Å². The number of nitrogens with zero attached hydrogens (tertiary/aromatic N) is 4. The maximum absolute atomic E-state index is 13.7. The summed E-state index contributed by atoms with van der Waals surface area (Å²) in [6, 6.07) is 9.81. The maximum Gasteiger partial charge on any atom is 0.215 e. The van der Waals surface area contributed by atoms with Gasteiger partial charge >= 0.3 is 0 Å². The first-order valence-corrected chi connectivity index (χ1v) is 6.66. The monoisotopic (exact) mass is 312 g/mol. The van der Waals surface area contributed by atoms with Crippen molar-refractivity contribution in [3.05, 3.63) is 71.1 Å². The molecular weight excluding hydrogens is 302 g/mol. The topological polar surface area (TPSA) is 74.7 Å². The molecule has 2 heterocycles. The Morgan fingerprint density at radius 1 is 1.17 bits per heavy atom. The van der Waals surface area contributed by atoms with E-state index in [1.54, 1.807) is 0 Å². The molecule has 0 fully saturated rings. The fourth-order valence-corrected chi connectivity index (χ4v) is 2.16. The lowest BCUT2D eigenvalue weighted by molar-refractivity contribution is 0.432. The molecular formula is C16H10F2N4O. The first-order chi connectivity index (χ1) is 11.1. The maximum atomic E-state index is 13.7. The van der Waals surface area contributed by atoms with Gasteiger partial charge in [-0.05, 0) is 18.2 Å². The van der Waals surface area contributed by atoms with Gasteiger partial charge in [-0.3, -0.25) is 0 Å². The molecule has 23 heavy (non-hydrogen) atoms. The summed E-state index contributed by atoms with van der Waals surface area (Å²) in [5, 5.41) is 22.9. The molecule has 2 aromatic heterocycles. The third kappa shape index (κ3) is 2.87. The summed E-state index contributed by atoms with van der Waals surface area (Å²) in [7, 11) is 0. The zero-order chi connectivity index (χ0) is 16.4. The van der Waals surface area contributed by atoms with E-state index >= 15 is 0 Å². The SMILES string of the molecule is N#Cc1ccnc(-n2nc(Cc3c(F)cccc3F)cc2O)c1. The number of hydrogen-bond donors (Lipinski definition) is 1. The molecule has 3 rings (SSSR count). The first-order valence-electron chi connectivity index (χ1n) is 6.66. The average molecular weight is 312 g/mol. The minimum Gasteiger partial charge on any atom is -0.493 e. The van der Waals surface area contributed by atoms with E-state index in [4.69, 9.17) is 5.26 Å². The summed E-state index contributed by atoms with van der Waals surface area (Å²) in [6.07, 6.45) is 1.29. The van der Waals surface area contributed by atoms with Crippen molar-refractivity contribution in [3.63, 3.8) is 0 Å². The zero-order valence-electron chi connectivity index (χ0n) is 11.7. The van der Waals surface area contributed by atoms with Crippen LogP contribution in [0.5, 0.6) is 5.88 Å². The fourth-order valence-electron chi connectivity index (χ4n) is 2.16. The number of halogens is 2. The van der Waals surface area contributed by atoms with E-state index in [1.807, 2.05) is 6.07 Å². The van der Waals surface area contributed by atoms with Gasteiger partial charge in [0.1, 0.15) is 11.6 Å². The lowest BCUT2D eigenvalue weighted by Gasteiger charge is -2.03. The lowest BCUT2D eigenvalue weighted by atomic mass is 10.1. The summed E-state index contributed by atoms with van der Waals surface area (Å²) in [4.78, 5) is 4.02. The van der Waals surface area contributed by atoms with Gasteiger partial charge in [-0.1, -0.05) is 6.07 Å². The van der Waals surface area contributed by atoms with Crippen LogP contribution in [-0.4, -0.2) is 19.9 Å². The molecule has 5 nitrogen and oxygen atoms in total. The normalized spacial score (nSPS) is 10.5. The highest BCUT2D eigenvalue weighted by atomic mass is 19.1. The third-order valence-corrected chi connectivity index (χ3v) is 3.25. The van der Waals surface area contributed by atoms with E-state index in [-0.39, 0.29) is 29.4 Å². The summed E-state index contributed by atoms with van der Waals surface area (Å²) in [6.45, 7) is 0. The molecule has 0 saturated heterocycles. The van der Waals surface area contributed by atoms with Crippen molar-refractivity contribution in [3.8, 4) is 17.8 Å². The predicted octanol–water partition coefficient (Wildman–Crippen LogP) is 2.71. The van der Waals surface area contributed by atoms with Crippen LogP contribution >= 0.6 is 0 Å². The van der Waals surface area contributed by atoms with E-state index in [2.05, 4.69) is 10.1 Å². The van der Waals surface area contributed by atoms with Crippen molar-refractivity contribution < 1.29 is 13.9 Å². The van der Waals surface area contributed by atoms with Gasteiger partial charge in [-0.25, -0.2) is 13.8 Å². The molecule has 0 bridgehead atoms. The molecule has 114 valence electrons. The van der Waals surface area contributed by atoms with Gasteiger partial charge < -0.3 is 5.11 Å². The van der Waals surface area contributed by atoms with Crippen LogP contribution in [0.2, 0.25) is 0 Å². The predicted molar refractivity (Wildman–Crippen MR) is 76.9 cm³/mol. The number of pyridine rings is 1. The van der Waals surface area contributed by atoms with Crippen molar-refractivity contribution >= 4 is 0 Å². The first kappa shape index (κ1) is 14.7. The van der Waals surface area contributed by atoms with E-state index in [0.717, 1.165) is 16.8 Å². The van der Waals surface area contributed by atoms with Crippen molar-refractivity contribution in [1.82, 2.24) is 14.8 Å². The molecule has 3 aromatic rings. The Balaban J connectivity index is 1.97. The van der Waals surface area contributed by atoms with Gasteiger partial charge in [0.2, 0.25) is 5.88 Å². The Hall–Kier alpha value is -3.27. The smallest absolute Gasteiger partial charge is 0.215 e. The average Bonchev–Trinajstić information content (AvgIpc) is 2.92. The lowest BCUT2D eigenvalue weighted by Crippen LogP contribution is -2.02. The summed E-state index contributed by atoms with van der Waals surface area (Å²) < 4.78 is 28.5. The minimum absolute atomic E-state index is 0.114. The number of nitriles is 1. The van der Waals surface area contributed by atoms with E-state index in [0.29, 0.717) is 5.56 Å². The van der Waals surface area contributed by atoms with Gasteiger partial charge in [0.25, 0.3) is 0 Å². The molecule has 7 heteroatoms. The number of aromatic nitrogens is 3. The van der Waals surface area contributed by atoms with Gasteiger partial charge in [-0.15, -0.1) is 0 Å². The Labute approximate surface area is 130 Å². The molecule has 0 unspecified atom stereocenters. The van der Waals surface area contributed by atoms with Crippen LogP contribution in [0.3, 0.4) is 0 Å². The standard InChI is InChI=1S/C16H10F2N4O/c17-13-2-1-3-14(18)12(13)7-11-8-16(23)22(21-11)15-6-10(9-19)4-5-20-15/h1-6,8,23H,7H2. The van der Waals surface area contributed by atoms with Crippen LogP contribution in [-0.2, 0) is 6.42 Å². The Morgan fingerprint density at radius 2 is 1.91 bits per heavy atom. The Bertz CT molecular complexity index is 894. The number of benzene rings is 1. The van der Waals surface area contributed by atoms with Crippen molar-refractivity contribution in [2.75, 3.05) is 0 Å². The van der Waals surface area contributed by atoms with E-state index in [1.165, 1.54) is 30.5 Å². The second-order valence-electron chi connectivity index (χ2n) is 4.80. The van der Waals surface area contributed by atoms with E-state index in [9.17, 15) is 13.9 Å². The van der Waals surface area contributed by atoms with Crippen LogP contribution in [0.25, 0.3) is 5.82 Å². The molecule has 0 aliphatic rings. The summed E-state index contributed by atoms with van der Waals surface area (Å²) >= 11 is 0. The highest BCUT2D eigenvalue weighted by molar-refractivity contribution is 5.38. The fraction of sp³-hybridized carbons (Fsp3) is 0.0625. The molecule has 0 amide bonds. The van der Waals surface area contributed by atoms with Crippen LogP contribution in [0.15, 0.2) is 42.6 Å². The van der Waals surface area contributed by atoms with Gasteiger partial charge in [0.05, 0.1) is 17.3 Å². The van der Waals surface area contributed by atoms with Crippen LogP contribution in [0.4, 0.5) is 8.78 Å². The van der Waals surface area contributed by atoms with Crippen molar-refractivity contribution in [2.24, 2.45) is 0 Å². The number of rotatable bonds is 3. The highest BCUT2D eigenvalue weighted by Gasteiger charge is 2.15. The zero-order valence-corrected chi connectivity index (χ0v) is 11.7. The highest BCUT2D eigenvalue weighted by Crippen LogP contribution is 2.21. The molecule has 1 N–H and O–H groups in total. The van der Waals surface area contributed by atoms with Gasteiger partial charge in [0.15, 0.2) is 5.82 Å². The number of aromatic hydroxyl groups is 1. The van der Waals surface area contributed by atoms with Crippen LogP contribution in [0.1, 0.15) is 16.8 Å². The molecule has 0 saturated carbocycles.